The summed E-state index contributed by atoms with van der Waals surface area (Å²) >= 11 is 5.54. The third-order valence-electron chi connectivity index (χ3n) is 1.69. The highest BCUT2D eigenvalue weighted by Crippen LogP contribution is 2.20. The minimum Gasteiger partial charge on any atom is -0.327 e. The lowest BCUT2D eigenvalue weighted by Crippen LogP contribution is -1.82. The standard InChI is InChI=1S/C8H3ClFN3/c9-8-12-6-4(3-11)1-2-5(10)7(6)13-8/h1-2H,(H,12,13). The summed E-state index contributed by atoms with van der Waals surface area (Å²) in [5, 5.41) is 8.75. The van der Waals surface area contributed by atoms with Gasteiger partial charge in [0.25, 0.3) is 0 Å². The molecule has 1 aromatic heterocycles. The van der Waals surface area contributed by atoms with Gasteiger partial charge in [-0.15, -0.1) is 0 Å². The van der Waals surface area contributed by atoms with Crippen LogP contribution in [0.5, 0.6) is 0 Å². The van der Waals surface area contributed by atoms with Gasteiger partial charge in [-0.2, -0.15) is 5.26 Å². The van der Waals surface area contributed by atoms with Gasteiger partial charge in [0.05, 0.1) is 11.1 Å². The fraction of sp³-hybridized carbons (Fsp3) is 0. The molecule has 0 atom stereocenters. The number of imidazole rings is 1. The van der Waals surface area contributed by atoms with Gasteiger partial charge in [0.1, 0.15) is 11.6 Å². The maximum atomic E-state index is 13.1. The van der Waals surface area contributed by atoms with Gasteiger partial charge in [0, 0.05) is 0 Å². The van der Waals surface area contributed by atoms with E-state index in [2.05, 4.69) is 9.97 Å². The van der Waals surface area contributed by atoms with Crippen molar-refractivity contribution in [3.05, 3.63) is 28.8 Å². The number of nitrogens with one attached hydrogen (secondary N) is 1. The summed E-state index contributed by atoms with van der Waals surface area (Å²) < 4.78 is 13.1. The average molecular weight is 196 g/mol. The number of hydrogen-bond acceptors (Lipinski definition) is 2. The molecule has 0 aliphatic carbocycles. The first-order valence-corrected chi connectivity index (χ1v) is 3.84. The van der Waals surface area contributed by atoms with Gasteiger partial charge in [-0.25, -0.2) is 9.37 Å². The summed E-state index contributed by atoms with van der Waals surface area (Å²) in [6.07, 6.45) is 0. The molecule has 2 rings (SSSR count). The van der Waals surface area contributed by atoms with E-state index < -0.39 is 5.82 Å². The molecule has 0 amide bonds. The second-order valence-electron chi connectivity index (χ2n) is 2.46. The monoisotopic (exact) mass is 195 g/mol. The van der Waals surface area contributed by atoms with Crippen LogP contribution in [0.15, 0.2) is 12.1 Å². The van der Waals surface area contributed by atoms with Crippen LogP contribution >= 0.6 is 11.6 Å². The molecular formula is C8H3ClFN3. The van der Waals surface area contributed by atoms with Crippen molar-refractivity contribution in [2.45, 2.75) is 0 Å². The van der Waals surface area contributed by atoms with Crippen molar-refractivity contribution < 1.29 is 4.39 Å². The Morgan fingerprint density at radius 2 is 2.31 bits per heavy atom. The fourth-order valence-corrected chi connectivity index (χ4v) is 1.30. The van der Waals surface area contributed by atoms with Gasteiger partial charge in [0.15, 0.2) is 5.82 Å². The predicted molar refractivity (Wildman–Crippen MR) is 45.8 cm³/mol. The number of aromatic nitrogens is 2. The van der Waals surface area contributed by atoms with Gasteiger partial charge in [-0.1, -0.05) is 0 Å². The van der Waals surface area contributed by atoms with E-state index in [9.17, 15) is 4.39 Å². The molecule has 0 spiro atoms. The second-order valence-corrected chi connectivity index (χ2v) is 2.82. The zero-order chi connectivity index (χ0) is 9.42. The first-order chi connectivity index (χ1) is 6.22. The summed E-state index contributed by atoms with van der Waals surface area (Å²) in [7, 11) is 0. The van der Waals surface area contributed by atoms with E-state index in [4.69, 9.17) is 16.9 Å². The van der Waals surface area contributed by atoms with Crippen LogP contribution in [0.3, 0.4) is 0 Å². The van der Waals surface area contributed by atoms with E-state index >= 15 is 0 Å². The number of hydrogen-bond donors (Lipinski definition) is 1. The van der Waals surface area contributed by atoms with Crippen molar-refractivity contribution in [3.8, 4) is 6.07 Å². The van der Waals surface area contributed by atoms with Crippen LogP contribution in [0, 0.1) is 17.1 Å². The number of halogens is 2. The number of H-pyrrole nitrogens is 1. The molecule has 0 aliphatic heterocycles. The number of nitriles is 1. The molecule has 2 aromatic rings. The molecule has 13 heavy (non-hydrogen) atoms. The Morgan fingerprint density at radius 3 is 3.00 bits per heavy atom. The Bertz CT molecular complexity index is 512. The molecule has 0 bridgehead atoms. The number of aromatic amines is 1. The van der Waals surface area contributed by atoms with Crippen molar-refractivity contribution in [2.75, 3.05) is 0 Å². The van der Waals surface area contributed by atoms with Crippen molar-refractivity contribution in [2.24, 2.45) is 0 Å². The normalized spacial score (nSPS) is 10.2. The molecule has 0 saturated carbocycles. The molecule has 1 N–H and O–H groups in total. The molecule has 0 fully saturated rings. The molecule has 0 saturated heterocycles. The SMILES string of the molecule is N#Cc1ccc(F)c2nc(Cl)[nH]c12. The van der Waals surface area contributed by atoms with Crippen LogP contribution < -0.4 is 0 Å². The topological polar surface area (TPSA) is 52.5 Å². The smallest absolute Gasteiger partial charge is 0.201 e. The van der Waals surface area contributed by atoms with E-state index in [1.807, 2.05) is 6.07 Å². The molecule has 5 heteroatoms. The van der Waals surface area contributed by atoms with Crippen molar-refractivity contribution >= 4 is 22.6 Å². The fourth-order valence-electron chi connectivity index (χ4n) is 1.12. The quantitative estimate of drug-likeness (QED) is 0.701. The second kappa shape index (κ2) is 2.71. The van der Waals surface area contributed by atoms with E-state index in [0.717, 1.165) is 0 Å². The largest absolute Gasteiger partial charge is 0.327 e. The average Bonchev–Trinajstić information content (AvgIpc) is 2.48. The molecule has 1 heterocycles. The van der Waals surface area contributed by atoms with Gasteiger partial charge in [0.2, 0.25) is 5.28 Å². The molecule has 0 radical (unpaired) electrons. The van der Waals surface area contributed by atoms with E-state index in [0.29, 0.717) is 11.1 Å². The van der Waals surface area contributed by atoms with E-state index in [-0.39, 0.29) is 10.8 Å². The first-order valence-electron chi connectivity index (χ1n) is 3.46. The summed E-state index contributed by atoms with van der Waals surface area (Å²) in [6.45, 7) is 0. The minimum atomic E-state index is -0.489. The molecule has 1 aromatic carbocycles. The lowest BCUT2D eigenvalue weighted by atomic mass is 10.2. The van der Waals surface area contributed by atoms with Crippen molar-refractivity contribution in [3.63, 3.8) is 0 Å². The summed E-state index contributed by atoms with van der Waals surface area (Å²) in [6, 6.07) is 4.49. The molecule has 3 nitrogen and oxygen atoms in total. The van der Waals surface area contributed by atoms with Crippen LogP contribution in [0.25, 0.3) is 11.0 Å². The number of benzene rings is 1. The van der Waals surface area contributed by atoms with Crippen LogP contribution in [-0.4, -0.2) is 9.97 Å². The van der Waals surface area contributed by atoms with Gasteiger partial charge in [-0.05, 0) is 23.7 Å². The number of nitrogens with zero attached hydrogens (tertiary/aromatic N) is 2. The van der Waals surface area contributed by atoms with Gasteiger partial charge in [-0.3, -0.25) is 0 Å². The lowest BCUT2D eigenvalue weighted by molar-refractivity contribution is 0.637. The van der Waals surface area contributed by atoms with Crippen molar-refractivity contribution in [1.82, 2.24) is 9.97 Å². The third-order valence-corrected chi connectivity index (χ3v) is 1.87. The zero-order valence-electron chi connectivity index (χ0n) is 6.31. The van der Waals surface area contributed by atoms with Crippen LogP contribution in [0.1, 0.15) is 5.56 Å². The summed E-state index contributed by atoms with van der Waals surface area (Å²) in [5.74, 6) is -0.489. The van der Waals surface area contributed by atoms with Crippen LogP contribution in [0.2, 0.25) is 5.28 Å². The molecular weight excluding hydrogens is 193 g/mol. The lowest BCUT2D eigenvalue weighted by Gasteiger charge is -1.91. The van der Waals surface area contributed by atoms with Gasteiger partial charge < -0.3 is 4.98 Å². The highest BCUT2D eigenvalue weighted by Gasteiger charge is 2.09. The Balaban J connectivity index is 2.94. The number of rotatable bonds is 0. The highest BCUT2D eigenvalue weighted by molar-refractivity contribution is 6.29. The number of fused-ring (bicyclic) bond motifs is 1. The van der Waals surface area contributed by atoms with Crippen LogP contribution in [0.4, 0.5) is 4.39 Å². The summed E-state index contributed by atoms with van der Waals surface area (Å²) in [4.78, 5) is 6.32. The first kappa shape index (κ1) is 8.02. The Morgan fingerprint density at radius 1 is 1.54 bits per heavy atom. The van der Waals surface area contributed by atoms with E-state index in [1.54, 1.807) is 0 Å². The molecule has 64 valence electrons. The van der Waals surface area contributed by atoms with Crippen molar-refractivity contribution in [1.29, 1.82) is 5.26 Å². The van der Waals surface area contributed by atoms with E-state index in [1.165, 1.54) is 12.1 Å². The summed E-state index contributed by atoms with van der Waals surface area (Å²) in [5.41, 5.74) is 0.771. The maximum absolute atomic E-state index is 13.1. The zero-order valence-corrected chi connectivity index (χ0v) is 7.06. The Hall–Kier alpha value is -1.60. The highest BCUT2D eigenvalue weighted by atomic mass is 35.5. The Labute approximate surface area is 77.8 Å². The maximum Gasteiger partial charge on any atom is 0.201 e. The predicted octanol–water partition coefficient (Wildman–Crippen LogP) is 2.23. The Kier molecular flexibility index (Phi) is 1.67. The minimum absolute atomic E-state index is 0.0802. The van der Waals surface area contributed by atoms with Crippen LogP contribution in [-0.2, 0) is 0 Å². The molecule has 0 aliphatic rings. The molecule has 0 unspecified atom stereocenters. The third kappa shape index (κ3) is 1.14. The van der Waals surface area contributed by atoms with Gasteiger partial charge >= 0.3 is 0 Å².